The van der Waals surface area contributed by atoms with Crippen LogP contribution in [0.15, 0.2) is 27.2 Å². The topological polar surface area (TPSA) is 41.3 Å². The largest absolute Gasteiger partial charge is 0.354 e. The number of fused-ring (bicyclic) bond motifs is 4. The van der Waals surface area contributed by atoms with Gasteiger partial charge in [-0.15, -0.1) is 0 Å². The minimum absolute atomic E-state index is 0.310. The van der Waals surface area contributed by atoms with Gasteiger partial charge in [-0.1, -0.05) is 46.4 Å². The first-order valence-corrected chi connectivity index (χ1v) is 11.2. The summed E-state index contributed by atoms with van der Waals surface area (Å²) in [4.78, 5) is 0. The highest BCUT2D eigenvalue weighted by Crippen LogP contribution is 2.58. The molecule has 0 aliphatic heterocycles. The van der Waals surface area contributed by atoms with Gasteiger partial charge in [-0.2, -0.15) is 0 Å². The van der Waals surface area contributed by atoms with Crippen LogP contribution in [0.25, 0.3) is 11.3 Å². The molecule has 3 aliphatic rings. The molecule has 1 N–H and O–H groups in total. The van der Waals surface area contributed by atoms with E-state index in [1.165, 1.54) is 61.6 Å². The second-order valence-corrected chi connectivity index (χ2v) is 9.90. The van der Waals surface area contributed by atoms with Gasteiger partial charge in [0.2, 0.25) is 0 Å². The van der Waals surface area contributed by atoms with Gasteiger partial charge in [0.1, 0.15) is 0 Å². The Bertz CT molecular complexity index is 826. The number of nitrogens with one attached hydrogen (secondary N) is 1. The van der Waals surface area contributed by atoms with Gasteiger partial charge >= 0.3 is 0 Å². The fourth-order valence-corrected chi connectivity index (χ4v) is 5.71. The number of rotatable bonds is 4. The molecule has 2 saturated carbocycles. The van der Waals surface area contributed by atoms with Crippen molar-refractivity contribution in [1.82, 2.24) is 9.46 Å². The Morgan fingerprint density at radius 3 is 2.85 bits per heavy atom. The van der Waals surface area contributed by atoms with Gasteiger partial charge in [0.25, 0.3) is 0 Å². The number of aromatic nitrogens is 1. The average Bonchev–Trinajstić information content (AvgIpc) is 3.31. The lowest BCUT2D eigenvalue weighted by Gasteiger charge is -2.30. The molecular weight excluding hydrogens is 410 g/mol. The molecule has 5 rings (SSSR count). The molecule has 3 aliphatic carbocycles. The Balaban J connectivity index is 1.39. The van der Waals surface area contributed by atoms with Crippen molar-refractivity contribution < 1.29 is 4.52 Å². The van der Waals surface area contributed by atoms with Crippen molar-refractivity contribution in [3.05, 3.63) is 33.8 Å². The van der Waals surface area contributed by atoms with Gasteiger partial charge in [-0.3, -0.25) is 4.72 Å². The summed E-state index contributed by atoms with van der Waals surface area (Å²) in [6.45, 7) is 0. The standard InChI is InChI=1S/C20H24BrN3OS/c1-24(14-5-3-2-4-6-14)26-23-19-16-12-20(9-10-20)17-8-7-13(21)11-15(17)18(16)25-22-19/h7-8,11,14H,2-6,9-10,12H2,1H3,(H,22,23). The predicted molar refractivity (Wildman–Crippen MR) is 110 cm³/mol. The number of hydrogen-bond donors (Lipinski definition) is 1. The smallest absolute Gasteiger partial charge is 0.184 e. The zero-order chi connectivity index (χ0) is 17.7. The van der Waals surface area contributed by atoms with Gasteiger partial charge in [0, 0.05) is 39.2 Å². The molecule has 0 unspecified atom stereocenters. The fourth-order valence-electron chi connectivity index (χ4n) is 4.60. The van der Waals surface area contributed by atoms with Crippen molar-refractivity contribution >= 4 is 33.9 Å². The van der Waals surface area contributed by atoms with Crippen LogP contribution < -0.4 is 4.72 Å². The maximum absolute atomic E-state index is 5.80. The molecule has 0 saturated heterocycles. The Labute approximate surface area is 167 Å². The second kappa shape index (κ2) is 6.57. The molecule has 6 heteroatoms. The SMILES string of the molecule is CN(SNc1noc2c1CC1(CC1)c1ccc(Br)cc1-2)C1CCCCC1. The quantitative estimate of drug-likeness (QED) is 0.604. The van der Waals surface area contributed by atoms with E-state index in [9.17, 15) is 0 Å². The van der Waals surface area contributed by atoms with Crippen molar-refractivity contribution in [2.75, 3.05) is 11.8 Å². The molecule has 1 aromatic heterocycles. The van der Waals surface area contributed by atoms with E-state index in [0.717, 1.165) is 22.5 Å². The molecule has 2 aromatic rings. The third kappa shape index (κ3) is 2.90. The molecule has 4 nitrogen and oxygen atoms in total. The molecule has 0 bridgehead atoms. The lowest BCUT2D eigenvalue weighted by atomic mass is 9.79. The normalized spacial score (nSPS) is 20.9. The summed E-state index contributed by atoms with van der Waals surface area (Å²) in [7, 11) is 2.19. The first kappa shape index (κ1) is 17.1. The van der Waals surface area contributed by atoms with Crippen molar-refractivity contribution in [3.8, 4) is 11.3 Å². The summed E-state index contributed by atoms with van der Waals surface area (Å²) in [5.41, 5.74) is 4.20. The van der Waals surface area contributed by atoms with Crippen molar-refractivity contribution in [2.45, 2.75) is 62.8 Å². The Kier molecular flexibility index (Phi) is 4.33. The third-order valence-electron chi connectivity index (χ3n) is 6.33. The van der Waals surface area contributed by atoms with Crippen LogP contribution in [-0.4, -0.2) is 22.6 Å². The summed E-state index contributed by atoms with van der Waals surface area (Å²) in [6.07, 6.45) is 10.2. The molecule has 0 amide bonds. The summed E-state index contributed by atoms with van der Waals surface area (Å²) < 4.78 is 12.7. The zero-order valence-electron chi connectivity index (χ0n) is 15.1. The van der Waals surface area contributed by atoms with E-state index < -0.39 is 0 Å². The minimum Gasteiger partial charge on any atom is -0.354 e. The summed E-state index contributed by atoms with van der Waals surface area (Å²) in [5.74, 6) is 1.85. The Hall–Kier alpha value is -0.980. The fraction of sp³-hybridized carbons (Fsp3) is 0.550. The number of hydrogen-bond acceptors (Lipinski definition) is 5. The number of anilines is 1. The molecule has 26 heavy (non-hydrogen) atoms. The van der Waals surface area contributed by atoms with Gasteiger partial charge in [0.05, 0.1) is 0 Å². The lowest BCUT2D eigenvalue weighted by molar-refractivity contribution is 0.306. The highest BCUT2D eigenvalue weighted by molar-refractivity contribution is 9.10. The first-order chi connectivity index (χ1) is 12.7. The number of halogens is 1. The highest BCUT2D eigenvalue weighted by Gasteiger charge is 2.50. The van der Waals surface area contributed by atoms with Crippen LogP contribution in [0.5, 0.6) is 0 Å². The van der Waals surface area contributed by atoms with Gasteiger partial charge in [-0.05, 0) is 56.8 Å². The molecule has 1 spiro atoms. The van der Waals surface area contributed by atoms with E-state index in [1.54, 1.807) is 12.1 Å². The number of nitrogens with zero attached hydrogens (tertiary/aromatic N) is 2. The van der Waals surface area contributed by atoms with Gasteiger partial charge < -0.3 is 4.52 Å². The molecular formula is C20H24BrN3OS. The van der Waals surface area contributed by atoms with E-state index >= 15 is 0 Å². The third-order valence-corrected chi connectivity index (χ3v) is 7.69. The second-order valence-electron chi connectivity index (χ2n) is 8.02. The van der Waals surface area contributed by atoms with Crippen LogP contribution in [0.1, 0.15) is 56.1 Å². The van der Waals surface area contributed by atoms with E-state index in [-0.39, 0.29) is 0 Å². The average molecular weight is 434 g/mol. The van der Waals surface area contributed by atoms with E-state index in [2.05, 4.69) is 55.4 Å². The highest BCUT2D eigenvalue weighted by atomic mass is 79.9. The predicted octanol–water partition coefficient (Wildman–Crippen LogP) is 5.93. The van der Waals surface area contributed by atoms with Gasteiger partial charge in [-0.25, -0.2) is 4.31 Å². The molecule has 1 aromatic carbocycles. The van der Waals surface area contributed by atoms with Crippen molar-refractivity contribution in [2.24, 2.45) is 0 Å². The molecule has 0 radical (unpaired) electrons. The Morgan fingerprint density at radius 2 is 2.08 bits per heavy atom. The van der Waals surface area contributed by atoms with Crippen LogP contribution in [0, 0.1) is 0 Å². The van der Waals surface area contributed by atoms with Crippen LogP contribution in [0.2, 0.25) is 0 Å². The molecule has 1 heterocycles. The molecule has 2 fully saturated rings. The Morgan fingerprint density at radius 1 is 1.27 bits per heavy atom. The molecule has 0 atom stereocenters. The van der Waals surface area contributed by atoms with Crippen LogP contribution in [-0.2, 0) is 11.8 Å². The lowest BCUT2D eigenvalue weighted by Crippen LogP contribution is -2.29. The van der Waals surface area contributed by atoms with E-state index in [1.807, 2.05) is 0 Å². The van der Waals surface area contributed by atoms with Crippen molar-refractivity contribution in [1.29, 1.82) is 0 Å². The van der Waals surface area contributed by atoms with Crippen molar-refractivity contribution in [3.63, 3.8) is 0 Å². The van der Waals surface area contributed by atoms with E-state index in [0.29, 0.717) is 11.5 Å². The number of benzene rings is 1. The maximum atomic E-state index is 5.80. The van der Waals surface area contributed by atoms with Gasteiger partial charge in [0.15, 0.2) is 11.6 Å². The summed E-state index contributed by atoms with van der Waals surface area (Å²) in [5, 5.41) is 4.39. The minimum atomic E-state index is 0.310. The molecule has 138 valence electrons. The van der Waals surface area contributed by atoms with Crippen LogP contribution in [0.4, 0.5) is 5.82 Å². The van der Waals surface area contributed by atoms with Crippen LogP contribution in [0.3, 0.4) is 0 Å². The first-order valence-electron chi connectivity index (χ1n) is 9.61. The van der Waals surface area contributed by atoms with Crippen LogP contribution >= 0.6 is 28.1 Å². The monoisotopic (exact) mass is 433 g/mol. The summed E-state index contributed by atoms with van der Waals surface area (Å²) >= 11 is 5.28. The van der Waals surface area contributed by atoms with E-state index in [4.69, 9.17) is 4.52 Å². The maximum Gasteiger partial charge on any atom is 0.184 e. The summed E-state index contributed by atoms with van der Waals surface area (Å²) in [6, 6.07) is 7.25. The zero-order valence-corrected chi connectivity index (χ0v) is 17.5.